The molecule has 0 aliphatic carbocycles. The van der Waals surface area contributed by atoms with Gasteiger partial charge >= 0.3 is 0 Å². The first-order chi connectivity index (χ1) is 11.9. The quantitative estimate of drug-likeness (QED) is 0.907. The number of aliphatic hydroxyl groups is 1. The number of aromatic nitrogens is 2. The van der Waals surface area contributed by atoms with E-state index in [0.29, 0.717) is 31.0 Å². The Bertz CT molecular complexity index is 616. The Balaban J connectivity index is 1.70. The standard InChI is InChI=1S/C19H29N3O3/c1-13(2)17-20-8-4-16(21-17)18(23)22-9-7-19(24,14(3)12-22)15-5-10-25-11-6-15/h4,8,13-15,24H,5-7,9-12H2,1-3H3/t14-,19+/m1/s1. The molecular formula is C19H29N3O3. The van der Waals surface area contributed by atoms with E-state index in [9.17, 15) is 9.90 Å². The topological polar surface area (TPSA) is 75.6 Å². The molecule has 1 N–H and O–H groups in total. The van der Waals surface area contributed by atoms with E-state index < -0.39 is 5.60 Å². The first-order valence-electron chi connectivity index (χ1n) is 9.34. The Labute approximate surface area is 149 Å². The first-order valence-corrected chi connectivity index (χ1v) is 9.34. The molecule has 0 bridgehead atoms. The minimum Gasteiger partial charge on any atom is -0.389 e. The van der Waals surface area contributed by atoms with E-state index in [1.165, 1.54) is 0 Å². The van der Waals surface area contributed by atoms with Gasteiger partial charge in [0.15, 0.2) is 0 Å². The van der Waals surface area contributed by atoms with Crippen LogP contribution < -0.4 is 0 Å². The van der Waals surface area contributed by atoms with Crippen LogP contribution in [-0.4, -0.2) is 57.8 Å². The molecule has 2 aliphatic rings. The number of ether oxygens (including phenoxy) is 1. The van der Waals surface area contributed by atoms with Crippen molar-refractivity contribution in [3.05, 3.63) is 23.8 Å². The molecule has 1 amide bonds. The third-order valence-electron chi connectivity index (χ3n) is 5.76. The summed E-state index contributed by atoms with van der Waals surface area (Å²) in [5.41, 5.74) is -0.252. The minimum atomic E-state index is -0.699. The fourth-order valence-electron chi connectivity index (χ4n) is 4.06. The number of rotatable bonds is 3. The smallest absolute Gasteiger partial charge is 0.272 e. The highest BCUT2D eigenvalue weighted by atomic mass is 16.5. The van der Waals surface area contributed by atoms with Gasteiger partial charge in [0.05, 0.1) is 5.60 Å². The van der Waals surface area contributed by atoms with E-state index >= 15 is 0 Å². The molecule has 1 aromatic rings. The van der Waals surface area contributed by atoms with Crippen molar-refractivity contribution < 1.29 is 14.6 Å². The number of nitrogens with zero attached hydrogens (tertiary/aromatic N) is 3. The average Bonchev–Trinajstić information content (AvgIpc) is 2.64. The number of likely N-dealkylation sites (tertiary alicyclic amines) is 1. The molecule has 6 heteroatoms. The number of carbonyl (C=O) groups is 1. The van der Waals surface area contributed by atoms with Gasteiger partial charge in [-0.05, 0) is 31.2 Å². The molecule has 3 heterocycles. The van der Waals surface area contributed by atoms with Crippen molar-refractivity contribution in [2.24, 2.45) is 11.8 Å². The predicted molar refractivity (Wildman–Crippen MR) is 94.3 cm³/mol. The monoisotopic (exact) mass is 347 g/mol. The summed E-state index contributed by atoms with van der Waals surface area (Å²) in [6.45, 7) is 8.66. The lowest BCUT2D eigenvalue weighted by Crippen LogP contribution is -2.57. The van der Waals surface area contributed by atoms with Crippen LogP contribution in [0.25, 0.3) is 0 Å². The number of piperidine rings is 1. The van der Waals surface area contributed by atoms with E-state index in [2.05, 4.69) is 16.9 Å². The van der Waals surface area contributed by atoms with Gasteiger partial charge < -0.3 is 14.7 Å². The van der Waals surface area contributed by atoms with Crippen molar-refractivity contribution in [1.82, 2.24) is 14.9 Å². The molecule has 2 atom stereocenters. The lowest BCUT2D eigenvalue weighted by atomic mass is 9.70. The van der Waals surface area contributed by atoms with Gasteiger partial charge in [-0.1, -0.05) is 20.8 Å². The van der Waals surface area contributed by atoms with Crippen molar-refractivity contribution in [3.63, 3.8) is 0 Å². The van der Waals surface area contributed by atoms with Crippen molar-refractivity contribution >= 4 is 5.91 Å². The largest absolute Gasteiger partial charge is 0.389 e. The zero-order valence-corrected chi connectivity index (χ0v) is 15.4. The number of hydrogen-bond donors (Lipinski definition) is 1. The second-order valence-corrected chi connectivity index (χ2v) is 7.73. The highest BCUT2D eigenvalue weighted by molar-refractivity contribution is 5.92. The van der Waals surface area contributed by atoms with Crippen molar-refractivity contribution in [3.8, 4) is 0 Å². The minimum absolute atomic E-state index is 0.0414. The lowest BCUT2D eigenvalue weighted by Gasteiger charge is -2.48. The molecule has 0 saturated carbocycles. The Hall–Kier alpha value is -1.53. The number of hydrogen-bond acceptors (Lipinski definition) is 5. The summed E-state index contributed by atoms with van der Waals surface area (Å²) >= 11 is 0. The SMILES string of the molecule is CC(C)c1nccc(C(=O)N2CC[C@@](O)(C3CCOCC3)[C@H](C)C2)n1. The highest BCUT2D eigenvalue weighted by Gasteiger charge is 2.46. The summed E-state index contributed by atoms with van der Waals surface area (Å²) in [5, 5.41) is 11.2. The summed E-state index contributed by atoms with van der Waals surface area (Å²) < 4.78 is 5.43. The fraction of sp³-hybridized carbons (Fsp3) is 0.737. The van der Waals surface area contributed by atoms with E-state index in [1.807, 2.05) is 18.7 Å². The molecule has 1 aromatic heterocycles. The summed E-state index contributed by atoms with van der Waals surface area (Å²) in [6.07, 6.45) is 4.07. The van der Waals surface area contributed by atoms with Gasteiger partial charge in [-0.3, -0.25) is 4.79 Å². The molecule has 25 heavy (non-hydrogen) atoms. The van der Waals surface area contributed by atoms with E-state index in [4.69, 9.17) is 4.74 Å². The Morgan fingerprint density at radius 1 is 1.40 bits per heavy atom. The zero-order chi connectivity index (χ0) is 18.0. The molecule has 0 spiro atoms. The second kappa shape index (κ2) is 7.38. The van der Waals surface area contributed by atoms with Crippen LogP contribution in [0.3, 0.4) is 0 Å². The molecule has 2 aliphatic heterocycles. The molecule has 2 saturated heterocycles. The van der Waals surface area contributed by atoms with Crippen LogP contribution in [0.15, 0.2) is 12.3 Å². The molecule has 0 unspecified atom stereocenters. The first kappa shape index (κ1) is 18.3. The maximum absolute atomic E-state index is 12.8. The molecule has 138 valence electrons. The Morgan fingerprint density at radius 3 is 2.76 bits per heavy atom. The predicted octanol–water partition coefficient (Wildman–Crippen LogP) is 2.24. The lowest BCUT2D eigenvalue weighted by molar-refractivity contribution is -0.125. The zero-order valence-electron chi connectivity index (χ0n) is 15.4. The van der Waals surface area contributed by atoms with Crippen LogP contribution in [0.5, 0.6) is 0 Å². The van der Waals surface area contributed by atoms with Gasteiger partial charge in [0.2, 0.25) is 0 Å². The summed E-state index contributed by atoms with van der Waals surface area (Å²) in [4.78, 5) is 23.3. The van der Waals surface area contributed by atoms with Crippen molar-refractivity contribution in [1.29, 1.82) is 0 Å². The van der Waals surface area contributed by atoms with Gasteiger partial charge in [-0.2, -0.15) is 0 Å². The summed E-state index contributed by atoms with van der Waals surface area (Å²) in [6, 6.07) is 1.68. The normalized spacial score (nSPS) is 28.4. The second-order valence-electron chi connectivity index (χ2n) is 7.73. The molecule has 0 radical (unpaired) electrons. The maximum Gasteiger partial charge on any atom is 0.272 e. The van der Waals surface area contributed by atoms with Crippen LogP contribution in [0.4, 0.5) is 0 Å². The number of carbonyl (C=O) groups excluding carboxylic acids is 1. The van der Waals surface area contributed by atoms with Crippen LogP contribution in [0.2, 0.25) is 0 Å². The summed E-state index contributed by atoms with van der Waals surface area (Å²) in [7, 11) is 0. The third kappa shape index (κ3) is 3.70. The van der Waals surface area contributed by atoms with Gasteiger partial charge in [0, 0.05) is 44.3 Å². The Morgan fingerprint density at radius 2 is 2.12 bits per heavy atom. The van der Waals surface area contributed by atoms with Gasteiger partial charge in [-0.25, -0.2) is 9.97 Å². The van der Waals surface area contributed by atoms with E-state index in [-0.39, 0.29) is 23.7 Å². The van der Waals surface area contributed by atoms with E-state index in [0.717, 1.165) is 26.1 Å². The Kier molecular flexibility index (Phi) is 5.39. The summed E-state index contributed by atoms with van der Waals surface area (Å²) in [5.74, 6) is 1.12. The molecular weight excluding hydrogens is 318 g/mol. The maximum atomic E-state index is 12.8. The van der Waals surface area contributed by atoms with Crippen LogP contribution in [0, 0.1) is 11.8 Å². The van der Waals surface area contributed by atoms with Crippen LogP contribution in [0.1, 0.15) is 62.3 Å². The molecule has 6 nitrogen and oxygen atoms in total. The van der Waals surface area contributed by atoms with Gasteiger partial charge in [0.1, 0.15) is 11.5 Å². The third-order valence-corrected chi connectivity index (χ3v) is 5.76. The van der Waals surface area contributed by atoms with Gasteiger partial charge in [0.25, 0.3) is 5.91 Å². The van der Waals surface area contributed by atoms with Gasteiger partial charge in [-0.15, -0.1) is 0 Å². The van der Waals surface area contributed by atoms with Crippen molar-refractivity contribution in [2.45, 2.75) is 51.6 Å². The number of amides is 1. The van der Waals surface area contributed by atoms with E-state index in [1.54, 1.807) is 12.3 Å². The molecule has 2 fully saturated rings. The molecule has 3 rings (SSSR count). The van der Waals surface area contributed by atoms with Crippen LogP contribution in [-0.2, 0) is 4.74 Å². The fourth-order valence-corrected chi connectivity index (χ4v) is 4.06. The molecule has 0 aromatic carbocycles. The highest BCUT2D eigenvalue weighted by Crippen LogP contribution is 2.39. The van der Waals surface area contributed by atoms with Crippen molar-refractivity contribution in [2.75, 3.05) is 26.3 Å². The van der Waals surface area contributed by atoms with Crippen LogP contribution >= 0.6 is 0 Å². The average molecular weight is 347 g/mol.